The maximum Gasteiger partial charge on any atom is 0.340 e. The molecule has 0 saturated carbocycles. The number of ether oxygens (including phenoxy) is 1. The summed E-state index contributed by atoms with van der Waals surface area (Å²) >= 11 is 0. The van der Waals surface area contributed by atoms with Crippen LogP contribution in [0.5, 0.6) is 0 Å². The number of nitrogens with one attached hydrogen (secondary N) is 1. The van der Waals surface area contributed by atoms with E-state index in [1.807, 2.05) is 44.2 Å². The zero-order valence-electron chi connectivity index (χ0n) is 16.1. The maximum atomic E-state index is 12.1. The average molecular weight is 378 g/mol. The molecule has 0 aliphatic carbocycles. The number of esters is 1. The van der Waals surface area contributed by atoms with E-state index in [1.165, 1.54) is 11.8 Å². The van der Waals surface area contributed by atoms with E-state index in [0.29, 0.717) is 11.5 Å². The number of anilines is 1. The van der Waals surface area contributed by atoms with E-state index in [-0.39, 0.29) is 12.2 Å². The second kappa shape index (κ2) is 8.47. The molecular formula is C21H22N4O3. The van der Waals surface area contributed by atoms with E-state index in [0.717, 1.165) is 17.8 Å². The van der Waals surface area contributed by atoms with Crippen molar-refractivity contribution in [2.45, 2.75) is 27.2 Å². The molecule has 0 fully saturated rings. The first-order valence-corrected chi connectivity index (χ1v) is 9.02. The van der Waals surface area contributed by atoms with Gasteiger partial charge >= 0.3 is 5.97 Å². The molecule has 144 valence electrons. The molecule has 3 rings (SSSR count). The van der Waals surface area contributed by atoms with Crippen molar-refractivity contribution < 1.29 is 14.3 Å². The predicted molar refractivity (Wildman–Crippen MR) is 106 cm³/mol. The van der Waals surface area contributed by atoms with Gasteiger partial charge in [0, 0.05) is 17.6 Å². The quantitative estimate of drug-likeness (QED) is 0.666. The van der Waals surface area contributed by atoms with Gasteiger partial charge in [0.15, 0.2) is 12.4 Å². The first kappa shape index (κ1) is 19.3. The standard InChI is InChI=1S/C21H22N4O3/c1-4-16-5-8-18(9-6-16)23-20(26)13-28-21(27)17-7-10-19(22-12-17)25-15(3)11-14(2)24-25/h5-12H,4,13H2,1-3H3,(H,23,26). The molecule has 7 heteroatoms. The number of hydrogen-bond donors (Lipinski definition) is 1. The van der Waals surface area contributed by atoms with Gasteiger partial charge in [-0.25, -0.2) is 14.5 Å². The molecule has 1 aromatic carbocycles. The van der Waals surface area contributed by atoms with Crippen molar-refractivity contribution >= 4 is 17.6 Å². The molecule has 0 unspecified atom stereocenters. The Labute approximate surface area is 163 Å². The summed E-state index contributed by atoms with van der Waals surface area (Å²) in [5, 5.41) is 7.05. The number of amides is 1. The van der Waals surface area contributed by atoms with Crippen LogP contribution in [-0.2, 0) is 16.0 Å². The van der Waals surface area contributed by atoms with Crippen molar-refractivity contribution in [1.29, 1.82) is 0 Å². The highest BCUT2D eigenvalue weighted by Crippen LogP contribution is 2.12. The molecule has 1 N–H and O–H groups in total. The second-order valence-electron chi connectivity index (χ2n) is 6.42. The maximum absolute atomic E-state index is 12.1. The van der Waals surface area contributed by atoms with Gasteiger partial charge in [0.25, 0.3) is 5.91 Å². The number of hydrogen-bond acceptors (Lipinski definition) is 5. The fourth-order valence-electron chi connectivity index (χ4n) is 2.73. The summed E-state index contributed by atoms with van der Waals surface area (Å²) in [4.78, 5) is 28.4. The van der Waals surface area contributed by atoms with Crippen LogP contribution < -0.4 is 5.32 Å². The molecule has 1 amide bonds. The van der Waals surface area contributed by atoms with Crippen molar-refractivity contribution in [3.05, 3.63) is 71.2 Å². The summed E-state index contributed by atoms with van der Waals surface area (Å²) in [6.45, 7) is 5.52. The third-order valence-corrected chi connectivity index (χ3v) is 4.19. The third kappa shape index (κ3) is 4.62. The van der Waals surface area contributed by atoms with Crippen molar-refractivity contribution in [2.75, 3.05) is 11.9 Å². The molecule has 2 aromatic heterocycles. The van der Waals surface area contributed by atoms with Gasteiger partial charge in [0.2, 0.25) is 0 Å². The summed E-state index contributed by atoms with van der Waals surface area (Å²) in [6.07, 6.45) is 2.34. The van der Waals surface area contributed by atoms with Crippen LogP contribution in [0.15, 0.2) is 48.7 Å². The minimum atomic E-state index is -0.608. The molecule has 0 radical (unpaired) electrons. The lowest BCUT2D eigenvalue weighted by atomic mass is 10.1. The van der Waals surface area contributed by atoms with E-state index < -0.39 is 11.9 Å². The molecule has 0 aliphatic heterocycles. The van der Waals surface area contributed by atoms with Gasteiger partial charge < -0.3 is 10.1 Å². The number of rotatable bonds is 6. The Hall–Kier alpha value is -3.48. The summed E-state index contributed by atoms with van der Waals surface area (Å²) in [7, 11) is 0. The molecule has 0 spiro atoms. The number of carbonyl (C=O) groups excluding carboxylic acids is 2. The van der Waals surface area contributed by atoms with Gasteiger partial charge in [-0.05, 0) is 56.2 Å². The normalized spacial score (nSPS) is 10.5. The molecule has 0 bridgehead atoms. The molecule has 3 aromatic rings. The van der Waals surface area contributed by atoms with Crippen LogP contribution in [0.3, 0.4) is 0 Å². The Morgan fingerprint density at radius 3 is 2.43 bits per heavy atom. The summed E-state index contributed by atoms with van der Waals surface area (Å²) in [5.41, 5.74) is 3.95. The Kier molecular flexibility index (Phi) is 5.84. The Morgan fingerprint density at radius 2 is 1.86 bits per heavy atom. The van der Waals surface area contributed by atoms with Crippen LogP contribution in [0.4, 0.5) is 5.69 Å². The number of pyridine rings is 1. The predicted octanol–water partition coefficient (Wildman–Crippen LogP) is 3.24. The summed E-state index contributed by atoms with van der Waals surface area (Å²) in [5.74, 6) is -0.399. The highest BCUT2D eigenvalue weighted by molar-refractivity contribution is 5.95. The van der Waals surface area contributed by atoms with Gasteiger partial charge in [-0.3, -0.25) is 4.79 Å². The fraction of sp³-hybridized carbons (Fsp3) is 0.238. The van der Waals surface area contributed by atoms with E-state index in [1.54, 1.807) is 16.8 Å². The second-order valence-corrected chi connectivity index (χ2v) is 6.42. The SMILES string of the molecule is CCc1ccc(NC(=O)COC(=O)c2ccc(-n3nc(C)cc3C)nc2)cc1. The number of aryl methyl sites for hydroxylation is 3. The monoisotopic (exact) mass is 378 g/mol. The number of carbonyl (C=O) groups is 2. The van der Waals surface area contributed by atoms with Gasteiger partial charge in [0.05, 0.1) is 11.3 Å². The minimum absolute atomic E-state index is 0.269. The van der Waals surface area contributed by atoms with Crippen LogP contribution in [-0.4, -0.2) is 33.2 Å². The third-order valence-electron chi connectivity index (χ3n) is 4.19. The van der Waals surface area contributed by atoms with E-state index >= 15 is 0 Å². The summed E-state index contributed by atoms with van der Waals surface area (Å²) < 4.78 is 6.76. The molecule has 0 aliphatic rings. The van der Waals surface area contributed by atoms with Crippen LogP contribution in [0.2, 0.25) is 0 Å². The first-order valence-electron chi connectivity index (χ1n) is 9.02. The minimum Gasteiger partial charge on any atom is -0.452 e. The molecule has 0 atom stereocenters. The van der Waals surface area contributed by atoms with Crippen LogP contribution in [0, 0.1) is 13.8 Å². The first-order chi connectivity index (χ1) is 13.5. The topological polar surface area (TPSA) is 86.1 Å². The average Bonchev–Trinajstić information content (AvgIpc) is 3.05. The lowest BCUT2D eigenvalue weighted by Crippen LogP contribution is -2.21. The number of aromatic nitrogens is 3. The highest BCUT2D eigenvalue weighted by Gasteiger charge is 2.12. The van der Waals surface area contributed by atoms with Crippen molar-refractivity contribution in [1.82, 2.24) is 14.8 Å². The largest absolute Gasteiger partial charge is 0.452 e. The Bertz CT molecular complexity index is 976. The number of benzene rings is 1. The van der Waals surface area contributed by atoms with Gasteiger partial charge in [0.1, 0.15) is 0 Å². The Balaban J connectivity index is 1.55. The van der Waals surface area contributed by atoms with Gasteiger partial charge in [-0.15, -0.1) is 0 Å². The van der Waals surface area contributed by atoms with Gasteiger partial charge in [-0.1, -0.05) is 19.1 Å². The number of nitrogens with zero attached hydrogens (tertiary/aromatic N) is 3. The lowest BCUT2D eigenvalue weighted by Gasteiger charge is -2.08. The van der Waals surface area contributed by atoms with Crippen LogP contribution >= 0.6 is 0 Å². The van der Waals surface area contributed by atoms with Crippen molar-refractivity contribution in [2.24, 2.45) is 0 Å². The smallest absolute Gasteiger partial charge is 0.340 e. The molecule has 0 saturated heterocycles. The van der Waals surface area contributed by atoms with E-state index in [9.17, 15) is 9.59 Å². The molecule has 2 heterocycles. The van der Waals surface area contributed by atoms with E-state index in [2.05, 4.69) is 22.3 Å². The van der Waals surface area contributed by atoms with Crippen molar-refractivity contribution in [3.63, 3.8) is 0 Å². The zero-order chi connectivity index (χ0) is 20.1. The molecule has 7 nitrogen and oxygen atoms in total. The highest BCUT2D eigenvalue weighted by atomic mass is 16.5. The summed E-state index contributed by atoms with van der Waals surface area (Å²) in [6, 6.07) is 12.8. The van der Waals surface area contributed by atoms with Gasteiger partial charge in [-0.2, -0.15) is 5.10 Å². The van der Waals surface area contributed by atoms with Crippen LogP contribution in [0.1, 0.15) is 34.2 Å². The zero-order valence-corrected chi connectivity index (χ0v) is 16.1. The molecule has 28 heavy (non-hydrogen) atoms. The molecular weight excluding hydrogens is 356 g/mol. The van der Waals surface area contributed by atoms with E-state index in [4.69, 9.17) is 4.74 Å². The fourth-order valence-corrected chi connectivity index (χ4v) is 2.73. The van der Waals surface area contributed by atoms with Crippen molar-refractivity contribution in [3.8, 4) is 5.82 Å². The lowest BCUT2D eigenvalue weighted by molar-refractivity contribution is -0.119. The Morgan fingerprint density at radius 1 is 1.11 bits per heavy atom. The van der Waals surface area contributed by atoms with Crippen LogP contribution in [0.25, 0.3) is 5.82 Å².